The minimum Gasteiger partial charge on any atom is -0.496 e. The highest BCUT2D eigenvalue weighted by atomic mass is 35.5. The summed E-state index contributed by atoms with van der Waals surface area (Å²) in [7, 11) is 1.62. The van der Waals surface area contributed by atoms with Gasteiger partial charge in [-0.05, 0) is 30.2 Å². The molecule has 0 amide bonds. The zero-order chi connectivity index (χ0) is 14.5. The van der Waals surface area contributed by atoms with Crippen molar-refractivity contribution in [1.82, 2.24) is 0 Å². The number of para-hydroxylation sites is 1. The minimum atomic E-state index is -0.0634. The molecule has 0 aromatic heterocycles. The summed E-state index contributed by atoms with van der Waals surface area (Å²) in [5, 5.41) is 0.782. The first-order chi connectivity index (χ1) is 9.63. The maximum Gasteiger partial charge on any atom is 0.166 e. The highest BCUT2D eigenvalue weighted by Crippen LogP contribution is 2.27. The van der Waals surface area contributed by atoms with Crippen molar-refractivity contribution in [3.05, 3.63) is 63.6 Å². The van der Waals surface area contributed by atoms with Crippen molar-refractivity contribution in [1.29, 1.82) is 0 Å². The quantitative estimate of drug-likeness (QED) is 0.740. The molecule has 104 valence electrons. The summed E-state index contributed by atoms with van der Waals surface area (Å²) in [6.45, 7) is 0. The number of benzene rings is 2. The number of ether oxygens (including phenoxy) is 1. The van der Waals surface area contributed by atoms with Gasteiger partial charge in [0.25, 0.3) is 0 Å². The Kier molecular flexibility index (Phi) is 5.05. The van der Waals surface area contributed by atoms with E-state index in [4.69, 9.17) is 27.9 Å². The molecule has 20 heavy (non-hydrogen) atoms. The molecule has 0 aliphatic rings. The highest BCUT2D eigenvalue weighted by molar-refractivity contribution is 6.39. The van der Waals surface area contributed by atoms with E-state index in [1.54, 1.807) is 25.3 Å². The third-order valence-corrected chi connectivity index (χ3v) is 3.69. The lowest BCUT2D eigenvalue weighted by molar-refractivity contribution is 0.0983. The number of hydrogen-bond acceptors (Lipinski definition) is 2. The van der Waals surface area contributed by atoms with Gasteiger partial charge in [-0.2, -0.15) is 0 Å². The van der Waals surface area contributed by atoms with Gasteiger partial charge < -0.3 is 4.74 Å². The molecular weight excluding hydrogens is 295 g/mol. The maximum atomic E-state index is 12.2. The van der Waals surface area contributed by atoms with Gasteiger partial charge in [0.1, 0.15) is 5.75 Å². The number of carbonyl (C=O) groups is 1. The molecule has 2 rings (SSSR count). The first-order valence-corrected chi connectivity index (χ1v) is 6.98. The molecule has 0 heterocycles. The summed E-state index contributed by atoms with van der Waals surface area (Å²) < 4.78 is 5.27. The van der Waals surface area contributed by atoms with Crippen LogP contribution < -0.4 is 4.74 Å². The normalized spacial score (nSPS) is 10.3. The van der Waals surface area contributed by atoms with Crippen molar-refractivity contribution in [2.24, 2.45) is 0 Å². The Morgan fingerprint density at radius 1 is 1.05 bits per heavy atom. The van der Waals surface area contributed by atoms with Gasteiger partial charge in [-0.15, -0.1) is 0 Å². The molecule has 0 radical (unpaired) electrons. The smallest absolute Gasteiger partial charge is 0.166 e. The fourth-order valence-electron chi connectivity index (χ4n) is 2.05. The molecule has 0 unspecified atom stereocenters. The van der Waals surface area contributed by atoms with Crippen molar-refractivity contribution in [2.45, 2.75) is 12.8 Å². The minimum absolute atomic E-state index is 0.0634. The number of Topliss-reactive ketones (excluding diaryl/α,β-unsaturated/α-hetero) is 1. The summed E-state index contributed by atoms with van der Waals surface area (Å²) >= 11 is 12.1. The van der Waals surface area contributed by atoms with E-state index in [1.165, 1.54) is 0 Å². The van der Waals surface area contributed by atoms with Crippen molar-refractivity contribution in [3.8, 4) is 5.75 Å². The van der Waals surface area contributed by atoms with E-state index in [2.05, 4.69) is 0 Å². The molecule has 2 aromatic rings. The molecule has 0 saturated carbocycles. The number of halogens is 2. The van der Waals surface area contributed by atoms with Gasteiger partial charge in [0.2, 0.25) is 0 Å². The summed E-state index contributed by atoms with van der Waals surface area (Å²) in [5.41, 5.74) is 1.39. The monoisotopic (exact) mass is 308 g/mol. The lowest BCUT2D eigenvalue weighted by Gasteiger charge is -2.09. The second-order valence-electron chi connectivity index (χ2n) is 4.33. The number of carbonyl (C=O) groups excluding carboxylic acids is 1. The Balaban J connectivity index is 2.13. The molecule has 0 aliphatic heterocycles. The van der Waals surface area contributed by atoms with Crippen molar-refractivity contribution < 1.29 is 9.53 Å². The largest absolute Gasteiger partial charge is 0.496 e. The van der Waals surface area contributed by atoms with Crippen LogP contribution in [0.4, 0.5) is 0 Å². The van der Waals surface area contributed by atoms with Crippen LogP contribution >= 0.6 is 23.2 Å². The van der Waals surface area contributed by atoms with Crippen LogP contribution in [0.3, 0.4) is 0 Å². The molecule has 0 saturated heterocycles. The molecule has 0 bridgehead atoms. The van der Waals surface area contributed by atoms with E-state index in [0.717, 1.165) is 11.3 Å². The Morgan fingerprint density at radius 3 is 2.35 bits per heavy atom. The second-order valence-corrected chi connectivity index (χ2v) is 5.15. The van der Waals surface area contributed by atoms with Crippen LogP contribution in [-0.4, -0.2) is 12.9 Å². The molecule has 0 aliphatic carbocycles. The molecule has 0 N–H and O–H groups in total. The predicted molar refractivity (Wildman–Crippen MR) is 82.1 cm³/mol. The standard InChI is InChI=1S/C16H14Cl2O2/c1-20-15-8-3-2-5-11(15)9-10-14(19)16-12(17)6-4-7-13(16)18/h2-8H,9-10H2,1H3. The lowest BCUT2D eigenvalue weighted by Crippen LogP contribution is -2.04. The van der Waals surface area contributed by atoms with Crippen LogP contribution in [0.1, 0.15) is 22.3 Å². The van der Waals surface area contributed by atoms with E-state index in [9.17, 15) is 4.79 Å². The summed E-state index contributed by atoms with van der Waals surface area (Å²) in [6.07, 6.45) is 0.925. The Morgan fingerprint density at radius 2 is 1.70 bits per heavy atom. The third-order valence-electron chi connectivity index (χ3n) is 3.06. The summed E-state index contributed by atoms with van der Waals surface area (Å²) in [5.74, 6) is 0.720. The summed E-state index contributed by atoms with van der Waals surface area (Å²) in [6, 6.07) is 12.7. The summed E-state index contributed by atoms with van der Waals surface area (Å²) in [4.78, 5) is 12.2. The molecule has 4 heteroatoms. The molecule has 0 spiro atoms. The van der Waals surface area contributed by atoms with Gasteiger partial charge in [-0.25, -0.2) is 0 Å². The van der Waals surface area contributed by atoms with Crippen LogP contribution in [0.25, 0.3) is 0 Å². The van der Waals surface area contributed by atoms with E-state index < -0.39 is 0 Å². The molecular formula is C16H14Cl2O2. The fraction of sp³-hybridized carbons (Fsp3) is 0.188. The van der Waals surface area contributed by atoms with Crippen molar-refractivity contribution in [2.75, 3.05) is 7.11 Å². The number of ketones is 1. The topological polar surface area (TPSA) is 26.3 Å². The Bertz CT molecular complexity index is 603. The van der Waals surface area contributed by atoms with Crippen LogP contribution in [0, 0.1) is 0 Å². The van der Waals surface area contributed by atoms with Gasteiger partial charge in [-0.1, -0.05) is 47.5 Å². The lowest BCUT2D eigenvalue weighted by atomic mass is 10.0. The van der Waals surface area contributed by atoms with E-state index in [1.807, 2.05) is 24.3 Å². The van der Waals surface area contributed by atoms with Gasteiger partial charge in [0, 0.05) is 6.42 Å². The van der Waals surface area contributed by atoms with Crippen LogP contribution in [0.2, 0.25) is 10.0 Å². The molecule has 2 nitrogen and oxygen atoms in total. The number of aryl methyl sites for hydroxylation is 1. The molecule has 0 fully saturated rings. The third kappa shape index (κ3) is 3.33. The number of methoxy groups -OCH3 is 1. The zero-order valence-electron chi connectivity index (χ0n) is 11.0. The first kappa shape index (κ1) is 14.9. The molecule has 2 aromatic carbocycles. The van der Waals surface area contributed by atoms with Crippen molar-refractivity contribution in [3.63, 3.8) is 0 Å². The van der Waals surface area contributed by atoms with Crippen LogP contribution in [-0.2, 0) is 6.42 Å². The van der Waals surface area contributed by atoms with Gasteiger partial charge >= 0.3 is 0 Å². The van der Waals surface area contributed by atoms with Crippen molar-refractivity contribution >= 4 is 29.0 Å². The average Bonchev–Trinajstić information content (AvgIpc) is 2.45. The second kappa shape index (κ2) is 6.78. The number of rotatable bonds is 5. The van der Waals surface area contributed by atoms with Gasteiger partial charge in [-0.3, -0.25) is 4.79 Å². The maximum absolute atomic E-state index is 12.2. The SMILES string of the molecule is COc1ccccc1CCC(=O)c1c(Cl)cccc1Cl. The Labute approximate surface area is 128 Å². The fourth-order valence-corrected chi connectivity index (χ4v) is 2.66. The first-order valence-electron chi connectivity index (χ1n) is 6.22. The van der Waals surface area contributed by atoms with Crippen LogP contribution in [0.15, 0.2) is 42.5 Å². The zero-order valence-corrected chi connectivity index (χ0v) is 12.5. The van der Waals surface area contributed by atoms with E-state index in [-0.39, 0.29) is 5.78 Å². The van der Waals surface area contributed by atoms with Crippen LogP contribution in [0.5, 0.6) is 5.75 Å². The van der Waals surface area contributed by atoms with E-state index in [0.29, 0.717) is 28.5 Å². The highest BCUT2D eigenvalue weighted by Gasteiger charge is 2.15. The molecule has 0 atom stereocenters. The van der Waals surface area contributed by atoms with Gasteiger partial charge in [0.15, 0.2) is 5.78 Å². The Hall–Kier alpha value is -1.51. The van der Waals surface area contributed by atoms with Gasteiger partial charge in [0.05, 0.1) is 22.7 Å². The number of hydrogen-bond donors (Lipinski definition) is 0. The average molecular weight is 309 g/mol. The van der Waals surface area contributed by atoms with E-state index >= 15 is 0 Å². The predicted octanol–water partition coefficient (Wildman–Crippen LogP) is 4.82.